The van der Waals surface area contributed by atoms with Crippen LogP contribution in [-0.2, 0) is 0 Å². The summed E-state index contributed by atoms with van der Waals surface area (Å²) in [6, 6.07) is 0. The fourth-order valence-corrected chi connectivity index (χ4v) is 1.67. The van der Waals surface area contributed by atoms with Crippen LogP contribution in [0.4, 0.5) is 0 Å². The molecule has 0 bridgehead atoms. The van der Waals surface area contributed by atoms with Gasteiger partial charge in [-0.05, 0) is 37.8 Å². The van der Waals surface area contributed by atoms with E-state index >= 15 is 0 Å². The van der Waals surface area contributed by atoms with Crippen LogP contribution in [0.5, 0.6) is 0 Å². The van der Waals surface area contributed by atoms with Gasteiger partial charge in [0.1, 0.15) is 0 Å². The van der Waals surface area contributed by atoms with Crippen molar-refractivity contribution in [3.05, 3.63) is 0 Å². The van der Waals surface area contributed by atoms with E-state index in [1.165, 1.54) is 38.9 Å². The smallest absolute Gasteiger partial charge is 0.000680 e. The van der Waals surface area contributed by atoms with Gasteiger partial charge in [0.25, 0.3) is 0 Å². The molecule has 0 aliphatic heterocycles. The van der Waals surface area contributed by atoms with Gasteiger partial charge in [0.05, 0.1) is 0 Å². The van der Waals surface area contributed by atoms with Crippen molar-refractivity contribution in [2.24, 2.45) is 11.8 Å². The summed E-state index contributed by atoms with van der Waals surface area (Å²) in [4.78, 5) is 2.59. The molecule has 1 nitrogen and oxygen atoms in total. The summed E-state index contributed by atoms with van der Waals surface area (Å²) in [5.41, 5.74) is 0. The van der Waals surface area contributed by atoms with Crippen molar-refractivity contribution in [2.75, 3.05) is 19.6 Å². The average Bonchev–Trinajstić information content (AvgIpc) is 2.15. The predicted octanol–water partition coefficient (Wildman–Crippen LogP) is 3.79. The van der Waals surface area contributed by atoms with E-state index in [1.807, 2.05) is 0 Å². The maximum atomic E-state index is 2.59. The third-order valence-electron chi connectivity index (χ3n) is 2.97. The van der Waals surface area contributed by atoms with E-state index in [4.69, 9.17) is 0 Å². The molecule has 0 saturated heterocycles. The summed E-state index contributed by atoms with van der Waals surface area (Å²) in [6.45, 7) is 15.3. The van der Waals surface area contributed by atoms with Crippen molar-refractivity contribution in [2.45, 2.75) is 53.9 Å². The van der Waals surface area contributed by atoms with Crippen LogP contribution < -0.4 is 0 Å². The third kappa shape index (κ3) is 7.37. The molecule has 0 rings (SSSR count). The largest absolute Gasteiger partial charge is 0.303 e. The third-order valence-corrected chi connectivity index (χ3v) is 2.97. The Labute approximate surface area is 90.9 Å². The molecule has 0 spiro atoms. The highest BCUT2D eigenvalue weighted by Crippen LogP contribution is 2.08. The van der Waals surface area contributed by atoms with Crippen LogP contribution in [0.1, 0.15) is 53.9 Å². The molecule has 0 N–H and O–H groups in total. The van der Waals surface area contributed by atoms with E-state index in [0.29, 0.717) is 0 Å². The Balaban J connectivity index is 3.57. The molecule has 0 aliphatic rings. The fraction of sp³-hybridized carbons (Fsp3) is 1.00. The van der Waals surface area contributed by atoms with Gasteiger partial charge in [0.2, 0.25) is 0 Å². The van der Waals surface area contributed by atoms with Gasteiger partial charge in [-0.2, -0.15) is 0 Å². The first-order valence-electron chi connectivity index (χ1n) is 6.32. The Kier molecular flexibility index (Phi) is 8.26. The minimum absolute atomic E-state index is 0.856. The lowest BCUT2D eigenvalue weighted by molar-refractivity contribution is 0.238. The molecule has 0 amide bonds. The van der Waals surface area contributed by atoms with E-state index in [-0.39, 0.29) is 0 Å². The van der Waals surface area contributed by atoms with Crippen LogP contribution in [0.15, 0.2) is 0 Å². The summed E-state index contributed by atoms with van der Waals surface area (Å²) in [5.74, 6) is 1.71. The number of nitrogens with zero attached hydrogens (tertiary/aromatic N) is 1. The highest BCUT2D eigenvalue weighted by molar-refractivity contribution is 4.61. The average molecular weight is 199 g/mol. The van der Waals surface area contributed by atoms with Crippen molar-refractivity contribution in [3.63, 3.8) is 0 Å². The zero-order valence-electron chi connectivity index (χ0n) is 10.8. The first-order chi connectivity index (χ1) is 6.60. The zero-order valence-corrected chi connectivity index (χ0v) is 10.8. The minimum Gasteiger partial charge on any atom is -0.303 e. The van der Waals surface area contributed by atoms with Gasteiger partial charge in [-0.25, -0.2) is 0 Å². The number of rotatable bonds is 8. The van der Waals surface area contributed by atoms with Crippen molar-refractivity contribution >= 4 is 0 Å². The lowest BCUT2D eigenvalue weighted by Crippen LogP contribution is -2.29. The normalized spacial score (nSPS) is 13.9. The monoisotopic (exact) mass is 199 g/mol. The van der Waals surface area contributed by atoms with Crippen LogP contribution in [-0.4, -0.2) is 24.5 Å². The Morgan fingerprint density at radius 3 is 2.14 bits per heavy atom. The van der Waals surface area contributed by atoms with Gasteiger partial charge in [-0.3, -0.25) is 0 Å². The molecule has 1 unspecified atom stereocenters. The summed E-state index contributed by atoms with van der Waals surface area (Å²) < 4.78 is 0. The molecule has 0 aliphatic carbocycles. The van der Waals surface area contributed by atoms with Crippen molar-refractivity contribution in [1.29, 1.82) is 0 Å². The highest BCUT2D eigenvalue weighted by atomic mass is 15.1. The molecule has 0 saturated carbocycles. The lowest BCUT2D eigenvalue weighted by atomic mass is 10.1. The predicted molar refractivity (Wildman–Crippen MR) is 65.6 cm³/mol. The molecule has 0 heterocycles. The Morgan fingerprint density at radius 2 is 1.71 bits per heavy atom. The minimum atomic E-state index is 0.856. The highest BCUT2D eigenvalue weighted by Gasteiger charge is 2.06. The lowest BCUT2D eigenvalue weighted by Gasteiger charge is -2.23. The molecular weight excluding hydrogens is 170 g/mol. The van der Waals surface area contributed by atoms with E-state index in [9.17, 15) is 0 Å². The number of hydrogen-bond acceptors (Lipinski definition) is 1. The second-order valence-corrected chi connectivity index (χ2v) is 4.94. The molecular formula is C13H29N. The molecule has 0 aromatic heterocycles. The molecule has 0 aromatic carbocycles. The Morgan fingerprint density at radius 1 is 1.07 bits per heavy atom. The quantitative estimate of drug-likeness (QED) is 0.575. The van der Waals surface area contributed by atoms with E-state index in [2.05, 4.69) is 39.5 Å². The van der Waals surface area contributed by atoms with Crippen LogP contribution in [0.2, 0.25) is 0 Å². The van der Waals surface area contributed by atoms with Crippen molar-refractivity contribution < 1.29 is 0 Å². The molecule has 1 heteroatoms. The van der Waals surface area contributed by atoms with E-state index < -0.39 is 0 Å². The fourth-order valence-electron chi connectivity index (χ4n) is 1.67. The van der Waals surface area contributed by atoms with Crippen LogP contribution in [0.25, 0.3) is 0 Å². The van der Waals surface area contributed by atoms with Gasteiger partial charge in [-0.1, -0.05) is 41.0 Å². The topological polar surface area (TPSA) is 3.24 Å². The zero-order chi connectivity index (χ0) is 11.0. The molecule has 0 fully saturated rings. The van der Waals surface area contributed by atoms with Gasteiger partial charge in [0, 0.05) is 6.54 Å². The molecule has 14 heavy (non-hydrogen) atoms. The second kappa shape index (κ2) is 8.28. The molecule has 1 atom stereocenters. The Bertz CT molecular complexity index is 120. The van der Waals surface area contributed by atoms with Crippen molar-refractivity contribution in [3.8, 4) is 0 Å². The first-order valence-corrected chi connectivity index (χ1v) is 6.32. The maximum absolute atomic E-state index is 2.59. The van der Waals surface area contributed by atoms with E-state index in [1.54, 1.807) is 0 Å². The summed E-state index contributed by atoms with van der Waals surface area (Å²) in [6.07, 6.45) is 4.04. The summed E-state index contributed by atoms with van der Waals surface area (Å²) in [5, 5.41) is 0. The van der Waals surface area contributed by atoms with Gasteiger partial charge >= 0.3 is 0 Å². The van der Waals surface area contributed by atoms with Gasteiger partial charge in [-0.15, -0.1) is 0 Å². The second-order valence-electron chi connectivity index (χ2n) is 4.94. The summed E-state index contributed by atoms with van der Waals surface area (Å²) >= 11 is 0. The molecule has 86 valence electrons. The van der Waals surface area contributed by atoms with Crippen molar-refractivity contribution in [1.82, 2.24) is 4.90 Å². The van der Waals surface area contributed by atoms with Crippen LogP contribution in [0, 0.1) is 11.8 Å². The summed E-state index contributed by atoms with van der Waals surface area (Å²) in [7, 11) is 0. The van der Waals surface area contributed by atoms with Gasteiger partial charge < -0.3 is 4.90 Å². The standard InChI is InChI=1S/C13H29N/c1-6-13(5)11-14(7-2)10-8-9-12(3)4/h12-13H,6-11H2,1-5H3. The number of hydrogen-bond donors (Lipinski definition) is 0. The Hall–Kier alpha value is -0.0400. The van der Waals surface area contributed by atoms with E-state index in [0.717, 1.165) is 11.8 Å². The molecule has 0 aromatic rings. The SMILES string of the molecule is CCC(C)CN(CC)CCCC(C)C. The maximum Gasteiger partial charge on any atom is 0.000680 e. The van der Waals surface area contributed by atoms with Gasteiger partial charge in [0.15, 0.2) is 0 Å². The van der Waals surface area contributed by atoms with Crippen LogP contribution in [0.3, 0.4) is 0 Å². The molecule has 0 radical (unpaired) electrons. The first kappa shape index (κ1) is 14.0. The van der Waals surface area contributed by atoms with Crippen LogP contribution >= 0.6 is 0 Å².